The van der Waals surface area contributed by atoms with Gasteiger partial charge >= 0.3 is 0 Å². The highest BCUT2D eigenvalue weighted by molar-refractivity contribution is 7.94. The normalized spacial score (nSPS) is 10.6. The van der Waals surface area contributed by atoms with Crippen LogP contribution in [-0.2, 0) is 20.3 Å². The molecule has 4 nitrogen and oxygen atoms in total. The van der Waals surface area contributed by atoms with Gasteiger partial charge in [-0.1, -0.05) is 18.2 Å². The molecule has 0 saturated heterocycles. The highest BCUT2D eigenvalue weighted by atomic mass is 32.2. The second kappa shape index (κ2) is 11.1. The Hall–Kier alpha value is -0.750. The van der Waals surface area contributed by atoms with Gasteiger partial charge in [-0.25, -0.2) is 0 Å². The summed E-state index contributed by atoms with van der Waals surface area (Å²) in [5, 5.41) is 0. The molecule has 0 N–H and O–H groups in total. The van der Waals surface area contributed by atoms with Gasteiger partial charge in [0.25, 0.3) is 0 Å². The number of hydrogen-bond donors (Lipinski definition) is 0. The van der Waals surface area contributed by atoms with Crippen molar-refractivity contribution in [1.29, 1.82) is 0 Å². The van der Waals surface area contributed by atoms with Crippen LogP contribution in [0.25, 0.3) is 0 Å². The number of ether oxygens (including phenoxy) is 3. The second-order valence-corrected chi connectivity index (χ2v) is 4.73. The number of methoxy groups -OCH3 is 2. The highest BCUT2D eigenvalue weighted by Crippen LogP contribution is 2.20. The molecule has 0 spiro atoms. The zero-order valence-corrected chi connectivity index (χ0v) is 12.4. The summed E-state index contributed by atoms with van der Waals surface area (Å²) in [6, 6.07) is 7.88. The molecule has 0 atom stereocenters. The van der Waals surface area contributed by atoms with E-state index in [1.165, 1.54) is 12.0 Å². The van der Waals surface area contributed by atoms with Crippen molar-refractivity contribution in [3.8, 4) is 5.75 Å². The molecule has 1 aromatic carbocycles. The van der Waals surface area contributed by atoms with E-state index in [2.05, 4.69) is 0 Å². The molecule has 1 aromatic rings. The maximum atomic E-state index is 5.55. The molecular weight excluding hydrogens is 264 g/mol. The molecule has 0 fully saturated rings. The molecule has 0 saturated carbocycles. The smallest absolute Gasteiger partial charge is 0.124 e. The summed E-state index contributed by atoms with van der Waals surface area (Å²) in [7, 11) is 3.34. The highest BCUT2D eigenvalue weighted by Gasteiger charge is 2.01. The Kier molecular flexibility index (Phi) is 9.53. The number of para-hydroxylation sites is 1. The molecule has 0 aromatic heterocycles. The number of rotatable bonds is 11. The van der Waals surface area contributed by atoms with E-state index in [9.17, 15) is 0 Å². The Balaban J connectivity index is 2.01. The largest absolute Gasteiger partial charge is 0.496 e. The Labute approximate surface area is 119 Å². The molecule has 19 heavy (non-hydrogen) atoms. The van der Waals surface area contributed by atoms with Gasteiger partial charge in [0.15, 0.2) is 0 Å². The lowest BCUT2D eigenvalue weighted by molar-refractivity contribution is 0.0712. The minimum absolute atomic E-state index is 0.555. The van der Waals surface area contributed by atoms with Crippen LogP contribution >= 0.6 is 12.0 Å². The van der Waals surface area contributed by atoms with Crippen LogP contribution in [0, 0.1) is 0 Å². The second-order valence-electron chi connectivity index (χ2n) is 3.85. The van der Waals surface area contributed by atoms with Crippen LogP contribution in [0.1, 0.15) is 12.0 Å². The molecule has 0 radical (unpaired) electrons. The average Bonchev–Trinajstić information content (AvgIpc) is 2.46. The maximum Gasteiger partial charge on any atom is 0.124 e. The van der Waals surface area contributed by atoms with Crippen LogP contribution in [0.5, 0.6) is 5.75 Å². The summed E-state index contributed by atoms with van der Waals surface area (Å²) in [5.74, 6) is 1.79. The summed E-state index contributed by atoms with van der Waals surface area (Å²) in [6.45, 7) is 2.61. The van der Waals surface area contributed by atoms with Crippen LogP contribution in [0.15, 0.2) is 24.3 Å². The molecule has 1 rings (SSSR count). The minimum Gasteiger partial charge on any atom is -0.496 e. The minimum atomic E-state index is 0.555. The van der Waals surface area contributed by atoms with Gasteiger partial charge in [0.05, 0.1) is 26.9 Å². The van der Waals surface area contributed by atoms with E-state index in [0.717, 1.165) is 30.1 Å². The van der Waals surface area contributed by atoms with Gasteiger partial charge in [0, 0.05) is 25.0 Å². The van der Waals surface area contributed by atoms with Crippen LogP contribution in [0.3, 0.4) is 0 Å². The average molecular weight is 286 g/mol. The summed E-state index contributed by atoms with van der Waals surface area (Å²) in [4.78, 5) is 0. The summed E-state index contributed by atoms with van der Waals surface area (Å²) < 4.78 is 21.1. The SMILES string of the molecule is COCCOCCCSOCc1ccccc1OC. The van der Waals surface area contributed by atoms with E-state index < -0.39 is 0 Å². The van der Waals surface area contributed by atoms with Crippen molar-refractivity contribution >= 4 is 12.0 Å². The van der Waals surface area contributed by atoms with E-state index in [0.29, 0.717) is 19.8 Å². The lowest BCUT2D eigenvalue weighted by Gasteiger charge is -2.08. The van der Waals surface area contributed by atoms with Crippen molar-refractivity contribution in [2.24, 2.45) is 0 Å². The van der Waals surface area contributed by atoms with Crippen molar-refractivity contribution in [3.05, 3.63) is 29.8 Å². The topological polar surface area (TPSA) is 36.9 Å². The molecule has 0 amide bonds. The van der Waals surface area contributed by atoms with Gasteiger partial charge in [-0.2, -0.15) is 0 Å². The van der Waals surface area contributed by atoms with Gasteiger partial charge in [0.1, 0.15) is 5.75 Å². The molecule has 108 valence electrons. The van der Waals surface area contributed by atoms with Gasteiger partial charge in [-0.05, 0) is 24.5 Å². The van der Waals surface area contributed by atoms with Crippen LogP contribution in [0.2, 0.25) is 0 Å². The first-order valence-electron chi connectivity index (χ1n) is 6.31. The van der Waals surface area contributed by atoms with Crippen molar-refractivity contribution in [3.63, 3.8) is 0 Å². The zero-order valence-electron chi connectivity index (χ0n) is 11.6. The molecule has 0 aliphatic carbocycles. The number of benzene rings is 1. The quantitative estimate of drug-likeness (QED) is 0.462. The first-order chi connectivity index (χ1) is 9.38. The third-order valence-electron chi connectivity index (χ3n) is 2.44. The first-order valence-corrected chi connectivity index (χ1v) is 7.22. The van der Waals surface area contributed by atoms with Crippen molar-refractivity contribution < 1.29 is 18.4 Å². The van der Waals surface area contributed by atoms with Crippen molar-refractivity contribution in [2.45, 2.75) is 13.0 Å². The maximum absolute atomic E-state index is 5.55. The Morgan fingerprint density at radius 2 is 1.89 bits per heavy atom. The summed E-state index contributed by atoms with van der Waals surface area (Å²) in [6.07, 6.45) is 0.973. The fraction of sp³-hybridized carbons (Fsp3) is 0.571. The fourth-order valence-electron chi connectivity index (χ4n) is 1.45. The van der Waals surface area contributed by atoms with E-state index in [1.54, 1.807) is 14.2 Å². The molecule has 0 heterocycles. The predicted octanol–water partition coefficient (Wildman–Crippen LogP) is 2.91. The molecule has 0 unspecified atom stereocenters. The molecule has 5 heteroatoms. The summed E-state index contributed by atoms with van der Waals surface area (Å²) in [5.41, 5.74) is 1.06. The van der Waals surface area contributed by atoms with E-state index in [4.69, 9.17) is 18.4 Å². The predicted molar refractivity (Wildman–Crippen MR) is 77.6 cm³/mol. The van der Waals surface area contributed by atoms with Crippen LogP contribution < -0.4 is 4.74 Å². The first kappa shape index (κ1) is 16.3. The van der Waals surface area contributed by atoms with E-state index >= 15 is 0 Å². The third kappa shape index (κ3) is 7.42. The Morgan fingerprint density at radius 1 is 1.05 bits per heavy atom. The third-order valence-corrected chi connectivity index (χ3v) is 3.18. The zero-order chi connectivity index (χ0) is 13.8. The monoisotopic (exact) mass is 286 g/mol. The Bertz CT molecular complexity index is 333. The van der Waals surface area contributed by atoms with Crippen LogP contribution in [0.4, 0.5) is 0 Å². The van der Waals surface area contributed by atoms with Gasteiger partial charge in [-0.3, -0.25) is 0 Å². The van der Waals surface area contributed by atoms with Gasteiger partial charge < -0.3 is 18.4 Å². The summed E-state index contributed by atoms with van der Waals surface area (Å²) >= 11 is 1.46. The molecule has 0 aliphatic rings. The lowest BCUT2D eigenvalue weighted by Crippen LogP contribution is -2.03. The Morgan fingerprint density at radius 3 is 2.68 bits per heavy atom. The number of hydrogen-bond acceptors (Lipinski definition) is 5. The van der Waals surface area contributed by atoms with Crippen molar-refractivity contribution in [1.82, 2.24) is 0 Å². The van der Waals surface area contributed by atoms with Crippen molar-refractivity contribution in [2.75, 3.05) is 39.8 Å². The fourth-order valence-corrected chi connectivity index (χ4v) is 2.01. The van der Waals surface area contributed by atoms with Gasteiger partial charge in [0.2, 0.25) is 0 Å². The molecular formula is C14H22O4S. The van der Waals surface area contributed by atoms with E-state index in [-0.39, 0.29) is 0 Å². The molecule has 0 aliphatic heterocycles. The van der Waals surface area contributed by atoms with E-state index in [1.807, 2.05) is 24.3 Å². The van der Waals surface area contributed by atoms with Gasteiger partial charge in [-0.15, -0.1) is 0 Å². The lowest BCUT2D eigenvalue weighted by atomic mass is 10.2. The molecule has 0 bridgehead atoms. The van der Waals surface area contributed by atoms with Crippen LogP contribution in [-0.4, -0.2) is 39.8 Å². The standard InChI is InChI=1S/C14H22O4S/c1-15-9-10-17-8-5-11-19-18-12-13-6-3-4-7-14(13)16-2/h3-4,6-7H,5,8-12H2,1-2H3.